The second-order valence-corrected chi connectivity index (χ2v) is 9.24. The zero-order valence-electron chi connectivity index (χ0n) is 17.4. The highest BCUT2D eigenvalue weighted by atomic mass is 32.1. The number of rotatable bonds is 4. The number of hydrogen-bond acceptors (Lipinski definition) is 6. The van der Waals surface area contributed by atoms with Gasteiger partial charge in [0.2, 0.25) is 0 Å². The molecule has 0 fully saturated rings. The van der Waals surface area contributed by atoms with Crippen LogP contribution in [0.1, 0.15) is 28.1 Å². The lowest BCUT2D eigenvalue weighted by Gasteiger charge is -2.09. The zero-order chi connectivity index (χ0) is 21.8. The summed E-state index contributed by atoms with van der Waals surface area (Å²) in [6, 6.07) is 6.09. The number of thiazole rings is 1. The molecule has 4 heterocycles. The predicted molar refractivity (Wildman–Crippen MR) is 126 cm³/mol. The molecule has 0 atom stereocenters. The van der Waals surface area contributed by atoms with Gasteiger partial charge in [0.1, 0.15) is 5.52 Å². The van der Waals surface area contributed by atoms with E-state index in [1.54, 1.807) is 29.7 Å². The molecule has 0 N–H and O–H groups in total. The van der Waals surface area contributed by atoms with Crippen LogP contribution in [0, 0.1) is 0 Å². The Morgan fingerprint density at radius 1 is 1.22 bits per heavy atom. The lowest BCUT2D eigenvalue weighted by molar-refractivity contribution is -0.114. The maximum atomic E-state index is 13.3. The topological polar surface area (TPSA) is 82.1 Å². The third-order valence-corrected chi connectivity index (χ3v) is 7.13. The van der Waals surface area contributed by atoms with Gasteiger partial charge in [0.05, 0.1) is 29.0 Å². The first kappa shape index (κ1) is 19.1. The van der Waals surface area contributed by atoms with Crippen molar-refractivity contribution in [3.8, 4) is 0 Å². The summed E-state index contributed by atoms with van der Waals surface area (Å²) in [7, 11) is 1.87. The minimum atomic E-state index is -0.130. The van der Waals surface area contributed by atoms with Crippen molar-refractivity contribution < 1.29 is 4.79 Å². The molecular weight excluding hydrogens is 422 g/mol. The van der Waals surface area contributed by atoms with Gasteiger partial charge >= 0.3 is 0 Å². The summed E-state index contributed by atoms with van der Waals surface area (Å²) in [5, 5.41) is 6.24. The molecule has 0 radical (unpaired) electrons. The van der Waals surface area contributed by atoms with E-state index in [1.807, 2.05) is 36.0 Å². The van der Waals surface area contributed by atoms with Gasteiger partial charge in [-0.2, -0.15) is 5.10 Å². The Balaban J connectivity index is 1.39. The van der Waals surface area contributed by atoms with Gasteiger partial charge in [-0.1, -0.05) is 35.9 Å². The van der Waals surface area contributed by atoms with Crippen LogP contribution in [-0.4, -0.2) is 31.3 Å². The van der Waals surface area contributed by atoms with Crippen LogP contribution in [0.4, 0.5) is 0 Å². The molecule has 7 nitrogen and oxygen atoms in total. The van der Waals surface area contributed by atoms with Crippen molar-refractivity contribution in [3.05, 3.63) is 80.2 Å². The number of benzene rings is 1. The van der Waals surface area contributed by atoms with E-state index in [9.17, 15) is 9.59 Å². The van der Waals surface area contributed by atoms with Crippen molar-refractivity contribution in [2.24, 2.45) is 12.0 Å². The normalized spacial score (nSPS) is 15.2. The van der Waals surface area contributed by atoms with Crippen LogP contribution >= 0.6 is 11.3 Å². The van der Waals surface area contributed by atoms with Gasteiger partial charge < -0.3 is 4.57 Å². The lowest BCUT2D eigenvalue weighted by atomic mass is 10.0. The molecule has 158 valence electrons. The SMILES string of the molecule is Cn1c2nc(CC3=CC=CC(=O)C3)sc2c2cnn(Cc3cccc4c3C=NC4)c(=O)c21. The molecule has 6 rings (SSSR count). The van der Waals surface area contributed by atoms with E-state index >= 15 is 0 Å². The van der Waals surface area contributed by atoms with Gasteiger partial charge in [0, 0.05) is 37.1 Å². The predicted octanol–water partition coefficient (Wildman–Crippen LogP) is 3.32. The van der Waals surface area contributed by atoms with E-state index in [2.05, 4.69) is 16.2 Å². The lowest BCUT2D eigenvalue weighted by Crippen LogP contribution is -2.25. The number of aromatic nitrogens is 4. The summed E-state index contributed by atoms with van der Waals surface area (Å²) in [5.74, 6) is 0.120. The average molecular weight is 442 g/mol. The average Bonchev–Trinajstić information content (AvgIpc) is 3.47. The van der Waals surface area contributed by atoms with Crippen LogP contribution in [0.2, 0.25) is 0 Å². The first-order valence-electron chi connectivity index (χ1n) is 10.4. The molecule has 3 aromatic heterocycles. The Labute approximate surface area is 187 Å². The molecule has 8 heteroatoms. The highest BCUT2D eigenvalue weighted by molar-refractivity contribution is 7.19. The molecule has 0 saturated carbocycles. The first-order chi connectivity index (χ1) is 15.6. The third-order valence-electron chi connectivity index (χ3n) is 6.05. The van der Waals surface area contributed by atoms with Crippen LogP contribution in [0.25, 0.3) is 21.3 Å². The van der Waals surface area contributed by atoms with Crippen molar-refractivity contribution in [2.45, 2.75) is 25.9 Å². The van der Waals surface area contributed by atoms with Crippen LogP contribution in [0.3, 0.4) is 0 Å². The second-order valence-electron chi connectivity index (χ2n) is 8.15. The molecule has 2 aliphatic rings. The van der Waals surface area contributed by atoms with Gasteiger partial charge in [-0.05, 0) is 17.2 Å². The minimum Gasteiger partial charge on any atom is -0.323 e. The monoisotopic (exact) mass is 441 g/mol. The number of ketones is 1. The maximum absolute atomic E-state index is 13.3. The van der Waals surface area contributed by atoms with Crippen molar-refractivity contribution in [1.82, 2.24) is 19.3 Å². The van der Waals surface area contributed by atoms with Gasteiger partial charge in [-0.3, -0.25) is 14.6 Å². The van der Waals surface area contributed by atoms with E-state index in [0.29, 0.717) is 31.4 Å². The molecule has 0 bridgehead atoms. The molecule has 1 aliphatic carbocycles. The number of hydrogen-bond donors (Lipinski definition) is 0. The smallest absolute Gasteiger partial charge is 0.291 e. The number of fused-ring (bicyclic) bond motifs is 4. The number of allylic oxidation sites excluding steroid dienone is 4. The largest absolute Gasteiger partial charge is 0.323 e. The highest BCUT2D eigenvalue weighted by Crippen LogP contribution is 2.32. The number of carbonyl (C=O) groups excluding carboxylic acids is 1. The third kappa shape index (κ3) is 2.98. The highest BCUT2D eigenvalue weighted by Gasteiger charge is 2.20. The molecule has 1 aromatic carbocycles. The van der Waals surface area contributed by atoms with E-state index in [0.717, 1.165) is 37.4 Å². The maximum Gasteiger partial charge on any atom is 0.291 e. The van der Waals surface area contributed by atoms with Gasteiger partial charge in [0.25, 0.3) is 5.56 Å². The zero-order valence-corrected chi connectivity index (χ0v) is 18.2. The van der Waals surface area contributed by atoms with Crippen LogP contribution in [0.5, 0.6) is 0 Å². The Kier molecular flexibility index (Phi) is 4.29. The van der Waals surface area contributed by atoms with Crippen molar-refractivity contribution in [1.29, 1.82) is 0 Å². The summed E-state index contributed by atoms with van der Waals surface area (Å²) < 4.78 is 4.34. The minimum absolute atomic E-state index is 0.120. The summed E-state index contributed by atoms with van der Waals surface area (Å²) in [6.45, 7) is 1.09. The second kappa shape index (κ2) is 7.20. The van der Waals surface area contributed by atoms with Gasteiger partial charge in [-0.25, -0.2) is 9.67 Å². The van der Waals surface area contributed by atoms with Crippen molar-refractivity contribution >= 4 is 44.6 Å². The van der Waals surface area contributed by atoms with E-state index in [4.69, 9.17) is 4.98 Å². The molecule has 0 unspecified atom stereocenters. The Morgan fingerprint density at radius 2 is 2.12 bits per heavy atom. The molecular formula is C24H19N5O2S. The standard InChI is InChI=1S/C24H19N5O2S/c1-28-21-19(22-23(28)27-20(32-22)9-14-4-2-7-17(30)8-14)12-26-29(24(21)31)13-16-6-3-5-15-10-25-11-18(15)16/h2-7,11-12H,8-10,13H2,1H3. The summed E-state index contributed by atoms with van der Waals surface area (Å²) in [4.78, 5) is 34.1. The molecule has 4 aromatic rings. The summed E-state index contributed by atoms with van der Waals surface area (Å²) >= 11 is 1.56. The number of carbonyl (C=O) groups is 1. The van der Waals surface area contributed by atoms with E-state index < -0.39 is 0 Å². The summed E-state index contributed by atoms with van der Waals surface area (Å²) in [5.41, 5.74) is 5.62. The van der Waals surface area contributed by atoms with Crippen LogP contribution in [-0.2, 0) is 31.4 Å². The fraction of sp³-hybridized carbons (Fsp3) is 0.208. The Bertz CT molecular complexity index is 1580. The molecule has 32 heavy (non-hydrogen) atoms. The van der Waals surface area contributed by atoms with E-state index in [1.165, 1.54) is 10.2 Å². The quantitative estimate of drug-likeness (QED) is 0.486. The molecule has 1 aliphatic heterocycles. The Hall–Kier alpha value is -3.65. The van der Waals surface area contributed by atoms with Crippen molar-refractivity contribution in [3.63, 3.8) is 0 Å². The first-order valence-corrected chi connectivity index (χ1v) is 11.2. The van der Waals surface area contributed by atoms with Crippen LogP contribution in [0.15, 0.2) is 58.0 Å². The fourth-order valence-corrected chi connectivity index (χ4v) is 5.63. The molecule has 0 saturated heterocycles. The van der Waals surface area contributed by atoms with Crippen molar-refractivity contribution in [2.75, 3.05) is 0 Å². The molecule has 0 spiro atoms. The Morgan fingerprint density at radius 3 is 3.00 bits per heavy atom. The molecule has 0 amide bonds. The van der Waals surface area contributed by atoms with Gasteiger partial charge in [-0.15, -0.1) is 11.3 Å². The van der Waals surface area contributed by atoms with E-state index in [-0.39, 0.29) is 11.3 Å². The number of aryl methyl sites for hydroxylation is 1. The number of nitrogens with zero attached hydrogens (tertiary/aromatic N) is 5. The van der Waals surface area contributed by atoms with Crippen LogP contribution < -0.4 is 5.56 Å². The van der Waals surface area contributed by atoms with Gasteiger partial charge in [0.15, 0.2) is 11.4 Å². The number of aliphatic imine (C=N–C) groups is 1. The summed E-state index contributed by atoms with van der Waals surface area (Å²) in [6.07, 6.45) is 10.1. The fourth-order valence-electron chi connectivity index (χ4n) is 4.47.